The van der Waals surface area contributed by atoms with E-state index >= 15 is 0 Å². The summed E-state index contributed by atoms with van der Waals surface area (Å²) in [6.45, 7) is 12.1. The first-order chi connectivity index (χ1) is 10.1. The van der Waals surface area contributed by atoms with Crippen molar-refractivity contribution in [3.8, 4) is 5.75 Å². The van der Waals surface area contributed by atoms with Gasteiger partial charge in [0.25, 0.3) is 0 Å². The fourth-order valence-corrected chi connectivity index (χ4v) is 3.88. The molecule has 0 aliphatic carbocycles. The predicted molar refractivity (Wildman–Crippen MR) is 87.0 cm³/mol. The van der Waals surface area contributed by atoms with E-state index in [-0.39, 0.29) is 0 Å². The van der Waals surface area contributed by atoms with Crippen LogP contribution in [0.2, 0.25) is 0 Å². The molecule has 1 aromatic carbocycles. The van der Waals surface area contributed by atoms with E-state index in [0.29, 0.717) is 12.1 Å². The van der Waals surface area contributed by atoms with E-state index in [1.54, 1.807) is 0 Å². The molecule has 3 heteroatoms. The molecular weight excluding hydrogens is 260 g/mol. The second-order valence-corrected chi connectivity index (χ2v) is 6.62. The summed E-state index contributed by atoms with van der Waals surface area (Å²) in [5.74, 6) is 1.05. The van der Waals surface area contributed by atoms with Crippen molar-refractivity contribution in [2.45, 2.75) is 58.7 Å². The standard InChI is InChI=1S/C18H28N2O/c1-5-8-21-18-7-6-17(12(2)13(18)3)14(4)20-11-15-9-16(20)10-19-15/h6-7,14-16,19H,5,8-11H2,1-4H3/t14-,15-,16-/m0/s1. The Bertz CT molecular complexity index is 514. The first kappa shape index (κ1) is 14.9. The first-order valence-electron chi connectivity index (χ1n) is 8.33. The summed E-state index contributed by atoms with van der Waals surface area (Å²) < 4.78 is 5.85. The average Bonchev–Trinajstić information content (AvgIpc) is 3.11. The number of nitrogens with zero attached hydrogens (tertiary/aromatic N) is 1. The van der Waals surface area contributed by atoms with E-state index in [1.165, 1.54) is 29.7 Å². The molecule has 2 bridgehead atoms. The number of fused-ring (bicyclic) bond motifs is 2. The molecule has 2 saturated heterocycles. The molecule has 2 fully saturated rings. The van der Waals surface area contributed by atoms with Crippen molar-refractivity contribution in [3.05, 3.63) is 28.8 Å². The molecule has 0 amide bonds. The summed E-state index contributed by atoms with van der Waals surface area (Å²) >= 11 is 0. The van der Waals surface area contributed by atoms with Crippen LogP contribution in [0.15, 0.2) is 12.1 Å². The molecular formula is C18H28N2O. The minimum Gasteiger partial charge on any atom is -0.493 e. The van der Waals surface area contributed by atoms with Gasteiger partial charge >= 0.3 is 0 Å². The number of benzene rings is 1. The Hall–Kier alpha value is -1.06. The lowest BCUT2D eigenvalue weighted by atomic mass is 9.96. The van der Waals surface area contributed by atoms with E-state index in [2.05, 4.69) is 50.0 Å². The van der Waals surface area contributed by atoms with Crippen LogP contribution in [0, 0.1) is 13.8 Å². The highest BCUT2D eigenvalue weighted by Gasteiger charge is 2.40. The molecule has 0 aromatic heterocycles. The van der Waals surface area contributed by atoms with Gasteiger partial charge in [0.2, 0.25) is 0 Å². The Morgan fingerprint density at radius 1 is 1.33 bits per heavy atom. The normalized spacial score (nSPS) is 26.3. The third-order valence-electron chi connectivity index (χ3n) is 5.29. The topological polar surface area (TPSA) is 24.5 Å². The lowest BCUT2D eigenvalue weighted by Crippen LogP contribution is -2.44. The fraction of sp³-hybridized carbons (Fsp3) is 0.667. The van der Waals surface area contributed by atoms with E-state index in [9.17, 15) is 0 Å². The summed E-state index contributed by atoms with van der Waals surface area (Å²) in [7, 11) is 0. The highest BCUT2D eigenvalue weighted by molar-refractivity contribution is 5.45. The molecule has 3 nitrogen and oxygen atoms in total. The van der Waals surface area contributed by atoms with E-state index in [0.717, 1.165) is 31.4 Å². The number of piperazine rings is 1. The second kappa shape index (κ2) is 5.98. The zero-order chi connectivity index (χ0) is 15.0. The molecule has 2 aliphatic heterocycles. The van der Waals surface area contributed by atoms with Gasteiger partial charge in [-0.2, -0.15) is 0 Å². The third kappa shape index (κ3) is 2.69. The van der Waals surface area contributed by atoms with Gasteiger partial charge < -0.3 is 10.1 Å². The summed E-state index contributed by atoms with van der Waals surface area (Å²) in [6.07, 6.45) is 2.38. The van der Waals surface area contributed by atoms with Crippen molar-refractivity contribution < 1.29 is 4.74 Å². The summed E-state index contributed by atoms with van der Waals surface area (Å²) in [5, 5.41) is 3.59. The monoisotopic (exact) mass is 288 g/mol. The van der Waals surface area contributed by atoms with Crippen LogP contribution < -0.4 is 10.1 Å². The minimum absolute atomic E-state index is 0.501. The molecule has 3 atom stereocenters. The quantitative estimate of drug-likeness (QED) is 0.900. The molecule has 0 unspecified atom stereocenters. The van der Waals surface area contributed by atoms with Crippen LogP contribution in [-0.2, 0) is 0 Å². The molecule has 1 aromatic rings. The molecule has 0 spiro atoms. The predicted octanol–water partition coefficient (Wildman–Crippen LogP) is 3.20. The number of hydrogen-bond donors (Lipinski definition) is 1. The van der Waals surface area contributed by atoms with Crippen molar-refractivity contribution >= 4 is 0 Å². The molecule has 0 radical (unpaired) electrons. The highest BCUT2D eigenvalue weighted by atomic mass is 16.5. The van der Waals surface area contributed by atoms with Crippen molar-refractivity contribution in [1.29, 1.82) is 0 Å². The first-order valence-corrected chi connectivity index (χ1v) is 8.33. The van der Waals surface area contributed by atoms with Crippen molar-refractivity contribution in [1.82, 2.24) is 10.2 Å². The number of ether oxygens (including phenoxy) is 1. The highest BCUT2D eigenvalue weighted by Crippen LogP contribution is 2.36. The number of rotatable bonds is 5. The molecule has 0 saturated carbocycles. The molecule has 3 rings (SSSR count). The van der Waals surface area contributed by atoms with Crippen LogP contribution in [0.3, 0.4) is 0 Å². The SMILES string of the molecule is CCCOc1ccc([C@H](C)N2C[C@@H]3C[C@H]2CN3)c(C)c1C. The van der Waals surface area contributed by atoms with Gasteiger partial charge in [0.1, 0.15) is 5.75 Å². The average molecular weight is 288 g/mol. The zero-order valence-corrected chi connectivity index (χ0v) is 13.8. The van der Waals surface area contributed by atoms with Crippen LogP contribution in [0.5, 0.6) is 5.75 Å². The smallest absolute Gasteiger partial charge is 0.122 e. The van der Waals surface area contributed by atoms with Gasteiger partial charge in [0.05, 0.1) is 6.61 Å². The summed E-state index contributed by atoms with van der Waals surface area (Å²) in [4.78, 5) is 2.68. The molecule has 2 heterocycles. The van der Waals surface area contributed by atoms with Gasteiger partial charge in [-0.3, -0.25) is 4.90 Å². The fourth-order valence-electron chi connectivity index (χ4n) is 3.88. The van der Waals surface area contributed by atoms with Crippen LogP contribution in [0.4, 0.5) is 0 Å². The maximum absolute atomic E-state index is 5.85. The lowest BCUT2D eigenvalue weighted by molar-refractivity contribution is 0.170. The van der Waals surface area contributed by atoms with Crippen LogP contribution in [0.1, 0.15) is 49.4 Å². The van der Waals surface area contributed by atoms with Crippen LogP contribution in [-0.4, -0.2) is 36.7 Å². The number of hydrogen-bond acceptors (Lipinski definition) is 3. The summed E-state index contributed by atoms with van der Waals surface area (Å²) in [6, 6.07) is 6.38. The number of likely N-dealkylation sites (tertiary alicyclic amines) is 1. The Labute approximate surface area is 128 Å². The van der Waals surface area contributed by atoms with Gasteiger partial charge in [-0.1, -0.05) is 13.0 Å². The Kier molecular flexibility index (Phi) is 4.23. The van der Waals surface area contributed by atoms with Gasteiger partial charge in [-0.25, -0.2) is 0 Å². The van der Waals surface area contributed by atoms with Crippen LogP contribution in [0.25, 0.3) is 0 Å². The molecule has 1 N–H and O–H groups in total. The van der Waals surface area contributed by atoms with Gasteiger partial charge in [-0.05, 0) is 56.4 Å². The van der Waals surface area contributed by atoms with Crippen molar-refractivity contribution in [3.63, 3.8) is 0 Å². The second-order valence-electron chi connectivity index (χ2n) is 6.62. The van der Waals surface area contributed by atoms with E-state index in [4.69, 9.17) is 4.74 Å². The minimum atomic E-state index is 0.501. The summed E-state index contributed by atoms with van der Waals surface area (Å²) in [5.41, 5.74) is 4.16. The Morgan fingerprint density at radius 3 is 2.76 bits per heavy atom. The lowest BCUT2D eigenvalue weighted by Gasteiger charge is -2.34. The van der Waals surface area contributed by atoms with Crippen molar-refractivity contribution in [2.75, 3.05) is 19.7 Å². The largest absolute Gasteiger partial charge is 0.493 e. The van der Waals surface area contributed by atoms with Gasteiger partial charge in [0, 0.05) is 31.2 Å². The third-order valence-corrected chi connectivity index (χ3v) is 5.29. The molecule has 21 heavy (non-hydrogen) atoms. The van der Waals surface area contributed by atoms with Crippen LogP contribution >= 0.6 is 0 Å². The van der Waals surface area contributed by atoms with Gasteiger partial charge in [-0.15, -0.1) is 0 Å². The Morgan fingerprint density at radius 2 is 2.14 bits per heavy atom. The maximum Gasteiger partial charge on any atom is 0.122 e. The number of nitrogens with one attached hydrogen (secondary N) is 1. The van der Waals surface area contributed by atoms with E-state index < -0.39 is 0 Å². The zero-order valence-electron chi connectivity index (χ0n) is 13.8. The maximum atomic E-state index is 5.85. The molecule has 2 aliphatic rings. The van der Waals surface area contributed by atoms with Crippen molar-refractivity contribution in [2.24, 2.45) is 0 Å². The molecule has 116 valence electrons. The Balaban J connectivity index is 1.80. The van der Waals surface area contributed by atoms with E-state index in [1.807, 2.05) is 0 Å². The van der Waals surface area contributed by atoms with Gasteiger partial charge in [0.15, 0.2) is 0 Å².